The van der Waals surface area contributed by atoms with E-state index in [1.54, 1.807) is 28.2 Å². The molecule has 0 saturated carbocycles. The molecule has 0 heterocycles. The molecule has 0 amide bonds. The van der Waals surface area contributed by atoms with E-state index in [0.717, 1.165) is 5.56 Å². The Morgan fingerprint density at radius 2 is 1.83 bits per heavy atom. The van der Waals surface area contributed by atoms with Gasteiger partial charge in [0.1, 0.15) is 0 Å². The van der Waals surface area contributed by atoms with Crippen molar-refractivity contribution >= 4 is 39.8 Å². The summed E-state index contributed by atoms with van der Waals surface area (Å²) in [5, 5.41) is 6.11. The summed E-state index contributed by atoms with van der Waals surface area (Å²) in [6, 6.07) is 5.63. The number of ether oxygens (including phenoxy) is 2. The third-order valence-electron chi connectivity index (χ3n) is 3.28. The number of hydrogen-bond donors (Lipinski definition) is 2. The first-order valence-electron chi connectivity index (χ1n) is 7.31. The Morgan fingerprint density at radius 3 is 2.38 bits per heavy atom. The van der Waals surface area contributed by atoms with Gasteiger partial charge in [-0.2, -0.15) is 0 Å². The molecule has 0 spiro atoms. The quantitative estimate of drug-likeness (QED) is 0.339. The van der Waals surface area contributed by atoms with Crippen molar-refractivity contribution in [1.29, 1.82) is 0 Å². The Kier molecular flexibility index (Phi) is 10.8. The number of nitrogens with one attached hydrogen (secondary N) is 2. The zero-order valence-electron chi connectivity index (χ0n) is 14.5. The molecule has 7 nitrogen and oxygen atoms in total. The maximum atomic E-state index is 11.5. The van der Waals surface area contributed by atoms with Crippen molar-refractivity contribution in [1.82, 2.24) is 10.6 Å². The number of sulfone groups is 1. The van der Waals surface area contributed by atoms with Gasteiger partial charge >= 0.3 is 0 Å². The van der Waals surface area contributed by atoms with Crippen LogP contribution in [0, 0.1) is 0 Å². The van der Waals surface area contributed by atoms with Crippen molar-refractivity contribution < 1.29 is 17.9 Å². The van der Waals surface area contributed by atoms with Crippen LogP contribution in [0.4, 0.5) is 0 Å². The van der Waals surface area contributed by atoms with Gasteiger partial charge in [-0.1, -0.05) is 13.0 Å². The van der Waals surface area contributed by atoms with Gasteiger partial charge < -0.3 is 20.1 Å². The van der Waals surface area contributed by atoms with Crippen LogP contribution in [0.15, 0.2) is 23.2 Å². The molecular weight excluding hydrogens is 445 g/mol. The molecule has 0 saturated heterocycles. The first-order valence-corrected chi connectivity index (χ1v) is 9.13. The van der Waals surface area contributed by atoms with Crippen LogP contribution in [0.5, 0.6) is 11.5 Å². The average Bonchev–Trinajstić information content (AvgIpc) is 2.57. The van der Waals surface area contributed by atoms with E-state index >= 15 is 0 Å². The fourth-order valence-electron chi connectivity index (χ4n) is 1.87. The summed E-state index contributed by atoms with van der Waals surface area (Å²) >= 11 is 0. The summed E-state index contributed by atoms with van der Waals surface area (Å²) in [4.78, 5) is 4.07. The highest BCUT2D eigenvalue weighted by Gasteiger charge is 2.08. The Bertz CT molecular complexity index is 636. The number of halogens is 1. The molecule has 0 bridgehead atoms. The third-order valence-corrected chi connectivity index (χ3v) is 4.98. The summed E-state index contributed by atoms with van der Waals surface area (Å²) in [6.07, 6.45) is 0. The van der Waals surface area contributed by atoms with E-state index in [2.05, 4.69) is 15.6 Å². The fourth-order valence-corrected chi connectivity index (χ4v) is 2.57. The lowest BCUT2D eigenvalue weighted by Gasteiger charge is -2.13. The Morgan fingerprint density at radius 1 is 1.17 bits per heavy atom. The van der Waals surface area contributed by atoms with Gasteiger partial charge in [-0.25, -0.2) is 8.42 Å². The number of guanidine groups is 1. The van der Waals surface area contributed by atoms with Gasteiger partial charge in [-0.3, -0.25) is 4.99 Å². The lowest BCUT2D eigenvalue weighted by Crippen LogP contribution is -2.39. The van der Waals surface area contributed by atoms with E-state index in [0.29, 0.717) is 30.5 Å². The van der Waals surface area contributed by atoms with Crippen LogP contribution in [0.3, 0.4) is 0 Å². The van der Waals surface area contributed by atoms with Crippen LogP contribution in [0.1, 0.15) is 12.5 Å². The molecule has 0 aromatic heterocycles. The standard InChI is InChI=1S/C15H25N3O4S.HI/c1-5-23(19,20)9-8-17-15(16-2)18-11-12-6-7-13(21-3)14(10-12)22-4;/h6-7,10H,5,8-9,11H2,1-4H3,(H2,16,17,18);1H. The van der Waals surface area contributed by atoms with Gasteiger partial charge in [0.05, 0.1) is 20.0 Å². The minimum Gasteiger partial charge on any atom is -0.493 e. The molecule has 1 rings (SSSR count). The number of rotatable bonds is 8. The lowest BCUT2D eigenvalue weighted by molar-refractivity contribution is 0.354. The third kappa shape index (κ3) is 7.56. The number of nitrogens with zero attached hydrogens (tertiary/aromatic N) is 1. The summed E-state index contributed by atoms with van der Waals surface area (Å²) in [5.74, 6) is 2.10. The van der Waals surface area contributed by atoms with Crippen molar-refractivity contribution in [2.45, 2.75) is 13.5 Å². The lowest BCUT2D eigenvalue weighted by atomic mass is 10.2. The Hall–Kier alpha value is -1.23. The molecule has 9 heteroatoms. The summed E-state index contributed by atoms with van der Waals surface area (Å²) in [7, 11) is 1.83. The van der Waals surface area contributed by atoms with E-state index in [9.17, 15) is 8.42 Å². The highest BCUT2D eigenvalue weighted by molar-refractivity contribution is 14.0. The smallest absolute Gasteiger partial charge is 0.191 e. The van der Waals surface area contributed by atoms with Crippen LogP contribution in [0.25, 0.3) is 0 Å². The van der Waals surface area contributed by atoms with Crippen molar-refractivity contribution in [2.75, 3.05) is 39.3 Å². The maximum Gasteiger partial charge on any atom is 0.191 e. The van der Waals surface area contributed by atoms with Crippen LogP contribution in [-0.2, 0) is 16.4 Å². The molecule has 0 fully saturated rings. The summed E-state index contributed by atoms with van der Waals surface area (Å²) in [5.41, 5.74) is 0.992. The van der Waals surface area contributed by atoms with E-state index in [4.69, 9.17) is 9.47 Å². The molecule has 0 unspecified atom stereocenters. The minimum absolute atomic E-state index is 0. The Labute approximate surface area is 161 Å². The Balaban J connectivity index is 0.00000529. The van der Waals surface area contributed by atoms with Crippen LogP contribution in [-0.4, -0.2) is 53.7 Å². The van der Waals surface area contributed by atoms with E-state index in [-0.39, 0.29) is 35.5 Å². The number of methoxy groups -OCH3 is 2. The van der Waals surface area contributed by atoms with E-state index in [1.807, 2.05) is 18.2 Å². The largest absolute Gasteiger partial charge is 0.493 e. The maximum absolute atomic E-state index is 11.5. The second-order valence-electron chi connectivity index (χ2n) is 4.78. The van der Waals surface area contributed by atoms with Gasteiger partial charge in [0.2, 0.25) is 0 Å². The van der Waals surface area contributed by atoms with Crippen molar-refractivity contribution in [3.05, 3.63) is 23.8 Å². The molecule has 0 radical (unpaired) electrons. The van der Waals surface area contributed by atoms with Crippen molar-refractivity contribution in [2.24, 2.45) is 4.99 Å². The molecule has 0 aliphatic heterocycles. The molecule has 1 aromatic rings. The topological polar surface area (TPSA) is 89.0 Å². The minimum atomic E-state index is -2.98. The van der Waals surface area contributed by atoms with Crippen LogP contribution >= 0.6 is 24.0 Å². The van der Waals surface area contributed by atoms with E-state index in [1.165, 1.54) is 0 Å². The number of hydrogen-bond acceptors (Lipinski definition) is 5. The zero-order chi connectivity index (χ0) is 17.3. The second kappa shape index (κ2) is 11.3. The molecule has 1 aromatic carbocycles. The van der Waals surface area contributed by atoms with Gasteiger partial charge in [0.15, 0.2) is 27.3 Å². The normalized spacial score (nSPS) is 11.4. The van der Waals surface area contributed by atoms with Gasteiger partial charge in [-0.05, 0) is 17.7 Å². The first kappa shape index (κ1) is 22.8. The van der Waals surface area contributed by atoms with Crippen LogP contribution < -0.4 is 20.1 Å². The molecule has 0 aliphatic rings. The van der Waals surface area contributed by atoms with Gasteiger partial charge in [-0.15, -0.1) is 24.0 Å². The van der Waals surface area contributed by atoms with Crippen LogP contribution in [0.2, 0.25) is 0 Å². The summed E-state index contributed by atoms with van der Waals surface area (Å²) < 4.78 is 33.4. The second-order valence-corrected chi connectivity index (χ2v) is 7.25. The monoisotopic (exact) mass is 471 g/mol. The van der Waals surface area contributed by atoms with Crippen molar-refractivity contribution in [3.63, 3.8) is 0 Å². The molecule has 0 aliphatic carbocycles. The van der Waals surface area contributed by atoms with Gasteiger partial charge in [0, 0.05) is 25.9 Å². The SMILES string of the molecule is CCS(=O)(=O)CCNC(=NC)NCc1ccc(OC)c(OC)c1.I. The molecular formula is C15H26IN3O4S. The molecule has 24 heavy (non-hydrogen) atoms. The van der Waals surface area contributed by atoms with Crippen molar-refractivity contribution in [3.8, 4) is 11.5 Å². The summed E-state index contributed by atoms with van der Waals surface area (Å²) in [6.45, 7) is 2.49. The molecule has 2 N–H and O–H groups in total. The highest BCUT2D eigenvalue weighted by Crippen LogP contribution is 2.27. The predicted octanol–water partition coefficient (Wildman–Crippen LogP) is 1.42. The first-order chi connectivity index (χ1) is 11.0. The molecule has 138 valence electrons. The zero-order valence-corrected chi connectivity index (χ0v) is 17.6. The number of benzene rings is 1. The number of aliphatic imine (C=N–C) groups is 1. The van der Waals surface area contributed by atoms with E-state index < -0.39 is 9.84 Å². The fraction of sp³-hybridized carbons (Fsp3) is 0.533. The molecule has 0 atom stereocenters. The predicted molar refractivity (Wildman–Crippen MR) is 107 cm³/mol. The average molecular weight is 471 g/mol. The highest BCUT2D eigenvalue weighted by atomic mass is 127. The van der Waals surface area contributed by atoms with Gasteiger partial charge in [0.25, 0.3) is 0 Å².